The molecule has 0 aromatic heterocycles. The zero-order valence-corrected chi connectivity index (χ0v) is 13.5. The van der Waals surface area contributed by atoms with Gasteiger partial charge < -0.3 is 5.73 Å². The predicted molar refractivity (Wildman–Crippen MR) is 83.5 cm³/mol. The second-order valence-corrected chi connectivity index (χ2v) is 6.64. The fourth-order valence-electron chi connectivity index (χ4n) is 2.36. The van der Waals surface area contributed by atoms with Crippen LogP contribution >= 0.6 is 0 Å². The van der Waals surface area contributed by atoms with Gasteiger partial charge in [0, 0.05) is 5.54 Å². The van der Waals surface area contributed by atoms with Crippen LogP contribution in [-0.2, 0) is 0 Å². The van der Waals surface area contributed by atoms with Gasteiger partial charge in [-0.1, -0.05) is 58.9 Å². The maximum absolute atomic E-state index is 6.40. The van der Waals surface area contributed by atoms with E-state index < -0.39 is 0 Å². The van der Waals surface area contributed by atoms with E-state index in [0.29, 0.717) is 23.7 Å². The lowest BCUT2D eigenvalue weighted by atomic mass is 9.73. The molecular formula is C17H33N. The van der Waals surface area contributed by atoms with Gasteiger partial charge in [-0.3, -0.25) is 0 Å². The normalized spacial score (nSPS) is 21.3. The molecule has 0 aliphatic heterocycles. The molecule has 4 unspecified atom stereocenters. The molecular weight excluding hydrogens is 218 g/mol. The van der Waals surface area contributed by atoms with Crippen molar-refractivity contribution in [3.63, 3.8) is 0 Å². The first-order valence-corrected chi connectivity index (χ1v) is 7.21. The van der Waals surface area contributed by atoms with Crippen LogP contribution in [-0.4, -0.2) is 5.54 Å². The molecule has 0 aromatic rings. The van der Waals surface area contributed by atoms with Gasteiger partial charge in [-0.2, -0.15) is 0 Å². The van der Waals surface area contributed by atoms with Crippen LogP contribution in [0, 0.1) is 23.7 Å². The Hall–Kier alpha value is -0.560. The number of nitrogens with two attached hydrogens (primary N) is 1. The summed E-state index contributed by atoms with van der Waals surface area (Å²) in [4.78, 5) is 0. The molecule has 2 N–H and O–H groups in total. The van der Waals surface area contributed by atoms with Gasteiger partial charge in [0.2, 0.25) is 0 Å². The summed E-state index contributed by atoms with van der Waals surface area (Å²) in [6.07, 6.45) is 5.08. The number of allylic oxidation sites excluding steroid dienone is 3. The minimum Gasteiger partial charge on any atom is -0.325 e. The van der Waals surface area contributed by atoms with E-state index in [4.69, 9.17) is 5.73 Å². The minimum atomic E-state index is -0.0660. The van der Waals surface area contributed by atoms with Crippen molar-refractivity contribution < 1.29 is 0 Å². The molecule has 0 bridgehead atoms. The molecule has 0 spiro atoms. The van der Waals surface area contributed by atoms with Crippen molar-refractivity contribution in [2.45, 2.75) is 60.4 Å². The minimum absolute atomic E-state index is 0.0660. The molecule has 1 nitrogen and oxygen atoms in total. The first kappa shape index (κ1) is 17.4. The van der Waals surface area contributed by atoms with E-state index in [0.717, 1.165) is 6.42 Å². The molecule has 0 amide bonds. The van der Waals surface area contributed by atoms with E-state index in [-0.39, 0.29) is 5.54 Å². The molecule has 106 valence electrons. The third kappa shape index (κ3) is 4.97. The summed E-state index contributed by atoms with van der Waals surface area (Å²) in [5, 5.41) is 0. The molecule has 0 saturated carbocycles. The Morgan fingerprint density at radius 3 is 2.11 bits per heavy atom. The molecule has 0 heterocycles. The second-order valence-electron chi connectivity index (χ2n) is 6.64. The molecule has 0 rings (SSSR count). The van der Waals surface area contributed by atoms with Gasteiger partial charge in [0.15, 0.2) is 0 Å². The lowest BCUT2D eigenvalue weighted by Gasteiger charge is -2.36. The standard InChI is InChI=1S/C17H33N/c1-9-10-13(4)15(6)16(7)14(5)11-17(8,18)12(2)3/h9-10,12,14-16H,1,11,18H2,2-8H3/b13-10-. The quantitative estimate of drug-likeness (QED) is 0.647. The average Bonchev–Trinajstić information content (AvgIpc) is 2.26. The maximum Gasteiger partial charge on any atom is 0.0151 e. The Labute approximate surface area is 115 Å². The fraction of sp³-hybridized carbons (Fsp3) is 0.765. The van der Waals surface area contributed by atoms with E-state index >= 15 is 0 Å². The molecule has 0 aromatic carbocycles. The lowest BCUT2D eigenvalue weighted by Crippen LogP contribution is -2.44. The van der Waals surface area contributed by atoms with Gasteiger partial charge in [0.1, 0.15) is 0 Å². The van der Waals surface area contributed by atoms with Crippen molar-refractivity contribution in [1.29, 1.82) is 0 Å². The summed E-state index contributed by atoms with van der Waals surface area (Å²) in [5.74, 6) is 2.38. The van der Waals surface area contributed by atoms with Crippen LogP contribution in [0.5, 0.6) is 0 Å². The maximum atomic E-state index is 6.40. The van der Waals surface area contributed by atoms with Crippen LogP contribution < -0.4 is 5.73 Å². The average molecular weight is 251 g/mol. The summed E-state index contributed by atoms with van der Waals surface area (Å²) in [6.45, 7) is 19.5. The summed E-state index contributed by atoms with van der Waals surface area (Å²) < 4.78 is 0. The van der Waals surface area contributed by atoms with E-state index in [2.05, 4.69) is 61.1 Å². The molecule has 0 saturated heterocycles. The first-order chi connectivity index (χ1) is 8.13. The third-order valence-corrected chi connectivity index (χ3v) is 4.87. The van der Waals surface area contributed by atoms with Gasteiger partial charge in [-0.15, -0.1) is 0 Å². The van der Waals surface area contributed by atoms with Crippen LogP contribution in [0.3, 0.4) is 0 Å². The van der Waals surface area contributed by atoms with E-state index in [9.17, 15) is 0 Å². The number of hydrogen-bond donors (Lipinski definition) is 1. The van der Waals surface area contributed by atoms with Crippen molar-refractivity contribution >= 4 is 0 Å². The summed E-state index contributed by atoms with van der Waals surface area (Å²) in [5.41, 5.74) is 7.75. The fourth-order valence-corrected chi connectivity index (χ4v) is 2.36. The smallest absolute Gasteiger partial charge is 0.0151 e. The Bertz CT molecular complexity index is 286. The molecule has 18 heavy (non-hydrogen) atoms. The summed E-state index contributed by atoms with van der Waals surface area (Å²) in [7, 11) is 0. The van der Waals surface area contributed by atoms with Crippen molar-refractivity contribution in [3.8, 4) is 0 Å². The van der Waals surface area contributed by atoms with E-state index in [1.807, 2.05) is 6.08 Å². The van der Waals surface area contributed by atoms with Gasteiger partial charge in [0.25, 0.3) is 0 Å². The third-order valence-electron chi connectivity index (χ3n) is 4.87. The first-order valence-electron chi connectivity index (χ1n) is 7.21. The zero-order valence-electron chi connectivity index (χ0n) is 13.5. The van der Waals surface area contributed by atoms with Gasteiger partial charge in [-0.25, -0.2) is 0 Å². The monoisotopic (exact) mass is 251 g/mol. The highest BCUT2D eigenvalue weighted by molar-refractivity contribution is 5.11. The largest absolute Gasteiger partial charge is 0.325 e. The molecule has 4 atom stereocenters. The number of hydrogen-bond acceptors (Lipinski definition) is 1. The molecule has 0 aliphatic rings. The Morgan fingerprint density at radius 1 is 1.22 bits per heavy atom. The van der Waals surface area contributed by atoms with Crippen LogP contribution in [0.4, 0.5) is 0 Å². The van der Waals surface area contributed by atoms with Gasteiger partial charge in [0.05, 0.1) is 0 Å². The van der Waals surface area contributed by atoms with Crippen LogP contribution in [0.1, 0.15) is 54.9 Å². The highest BCUT2D eigenvalue weighted by Gasteiger charge is 2.29. The number of rotatable bonds is 7. The van der Waals surface area contributed by atoms with Crippen molar-refractivity contribution in [2.75, 3.05) is 0 Å². The Balaban J connectivity index is 4.65. The Kier molecular flexibility index (Phi) is 6.91. The van der Waals surface area contributed by atoms with Crippen LogP contribution in [0.25, 0.3) is 0 Å². The SMILES string of the molecule is C=C/C=C(/C)C(C)C(C)C(C)CC(C)(N)C(C)C. The highest BCUT2D eigenvalue weighted by Crippen LogP contribution is 2.32. The summed E-state index contributed by atoms with van der Waals surface area (Å²) in [6, 6.07) is 0. The Morgan fingerprint density at radius 2 is 1.72 bits per heavy atom. The molecule has 0 radical (unpaired) electrons. The summed E-state index contributed by atoms with van der Waals surface area (Å²) >= 11 is 0. The van der Waals surface area contributed by atoms with Crippen LogP contribution in [0.15, 0.2) is 24.3 Å². The van der Waals surface area contributed by atoms with Crippen molar-refractivity contribution in [3.05, 3.63) is 24.3 Å². The van der Waals surface area contributed by atoms with Crippen LogP contribution in [0.2, 0.25) is 0 Å². The topological polar surface area (TPSA) is 26.0 Å². The lowest BCUT2D eigenvalue weighted by molar-refractivity contribution is 0.207. The van der Waals surface area contributed by atoms with Gasteiger partial charge >= 0.3 is 0 Å². The predicted octanol–water partition coefficient (Wildman–Crippen LogP) is 4.79. The zero-order chi connectivity index (χ0) is 14.5. The van der Waals surface area contributed by atoms with Crippen molar-refractivity contribution in [2.24, 2.45) is 29.4 Å². The second kappa shape index (κ2) is 7.13. The molecule has 0 aliphatic carbocycles. The van der Waals surface area contributed by atoms with Gasteiger partial charge in [-0.05, 0) is 43.9 Å². The van der Waals surface area contributed by atoms with Crippen molar-refractivity contribution in [1.82, 2.24) is 0 Å². The van der Waals surface area contributed by atoms with E-state index in [1.165, 1.54) is 5.57 Å². The highest BCUT2D eigenvalue weighted by atomic mass is 14.7. The molecule has 0 fully saturated rings. The molecule has 1 heteroatoms. The van der Waals surface area contributed by atoms with E-state index in [1.54, 1.807) is 0 Å².